The number of halogens is 1. The average molecular weight is 335 g/mol. The first-order chi connectivity index (χ1) is 11.5. The second-order valence-electron chi connectivity index (χ2n) is 6.57. The van der Waals surface area contributed by atoms with Gasteiger partial charge in [-0.2, -0.15) is 0 Å². The third-order valence-electron chi connectivity index (χ3n) is 4.31. The maximum atomic E-state index is 14.3. The van der Waals surface area contributed by atoms with Crippen molar-refractivity contribution in [3.05, 3.63) is 35.6 Å². The van der Waals surface area contributed by atoms with Crippen molar-refractivity contribution in [2.75, 3.05) is 20.1 Å². The first-order valence-corrected chi connectivity index (χ1v) is 8.45. The van der Waals surface area contributed by atoms with E-state index >= 15 is 0 Å². The van der Waals surface area contributed by atoms with Gasteiger partial charge < -0.3 is 10.6 Å². The maximum absolute atomic E-state index is 14.3. The normalized spacial score (nSPS) is 19.3. The van der Waals surface area contributed by atoms with E-state index in [4.69, 9.17) is 0 Å². The Labute approximate surface area is 142 Å². The molecule has 0 saturated carbocycles. The number of hydrogen-bond donors (Lipinski definition) is 2. The molecule has 2 N–H and O–H groups in total. The molecule has 5 nitrogen and oxygen atoms in total. The van der Waals surface area contributed by atoms with Crippen LogP contribution >= 0.6 is 0 Å². The van der Waals surface area contributed by atoms with Gasteiger partial charge in [-0.1, -0.05) is 32.0 Å². The van der Waals surface area contributed by atoms with Gasteiger partial charge in [0.1, 0.15) is 11.9 Å². The first kappa shape index (κ1) is 18.4. The molecule has 2 amide bonds. The lowest BCUT2D eigenvalue weighted by atomic mass is 10.0. The highest BCUT2D eigenvalue weighted by Crippen LogP contribution is 2.31. The van der Waals surface area contributed by atoms with E-state index in [1.807, 2.05) is 18.7 Å². The number of benzene rings is 1. The average Bonchev–Trinajstić information content (AvgIpc) is 3.03. The SMILES string of the molecule is CNC(=O)[C@@H](c1ccccc1F)N1CCC[C@H]1C(=O)NCC(C)C. The Kier molecular flexibility index (Phi) is 6.31. The topological polar surface area (TPSA) is 61.4 Å². The third-order valence-corrected chi connectivity index (χ3v) is 4.31. The van der Waals surface area contributed by atoms with E-state index in [-0.39, 0.29) is 11.8 Å². The monoisotopic (exact) mass is 335 g/mol. The highest BCUT2D eigenvalue weighted by atomic mass is 19.1. The highest BCUT2D eigenvalue weighted by Gasteiger charge is 2.39. The number of rotatable bonds is 6. The molecule has 24 heavy (non-hydrogen) atoms. The lowest BCUT2D eigenvalue weighted by Gasteiger charge is -2.31. The van der Waals surface area contributed by atoms with E-state index in [1.165, 1.54) is 13.1 Å². The Hall–Kier alpha value is -1.95. The summed E-state index contributed by atoms with van der Waals surface area (Å²) < 4.78 is 14.3. The van der Waals surface area contributed by atoms with E-state index in [9.17, 15) is 14.0 Å². The van der Waals surface area contributed by atoms with Gasteiger partial charge in [-0.3, -0.25) is 14.5 Å². The van der Waals surface area contributed by atoms with Crippen LogP contribution in [0.2, 0.25) is 0 Å². The molecule has 2 rings (SSSR count). The Morgan fingerprint density at radius 1 is 1.33 bits per heavy atom. The maximum Gasteiger partial charge on any atom is 0.241 e. The van der Waals surface area contributed by atoms with Crippen LogP contribution in [0.4, 0.5) is 4.39 Å². The Morgan fingerprint density at radius 3 is 2.67 bits per heavy atom. The summed E-state index contributed by atoms with van der Waals surface area (Å²) in [6.45, 7) is 5.23. The summed E-state index contributed by atoms with van der Waals surface area (Å²) in [5, 5.41) is 5.52. The quantitative estimate of drug-likeness (QED) is 0.834. The van der Waals surface area contributed by atoms with Crippen LogP contribution in [0.15, 0.2) is 24.3 Å². The van der Waals surface area contributed by atoms with Crippen molar-refractivity contribution in [2.45, 2.75) is 38.8 Å². The lowest BCUT2D eigenvalue weighted by Crippen LogP contribution is -2.49. The van der Waals surface area contributed by atoms with Crippen molar-refractivity contribution >= 4 is 11.8 Å². The van der Waals surface area contributed by atoms with Gasteiger partial charge in [-0.05, 0) is 24.8 Å². The Morgan fingerprint density at radius 2 is 2.04 bits per heavy atom. The van der Waals surface area contributed by atoms with Gasteiger partial charge in [0.05, 0.1) is 6.04 Å². The van der Waals surface area contributed by atoms with Crippen LogP contribution in [0, 0.1) is 11.7 Å². The zero-order valence-electron chi connectivity index (χ0n) is 14.5. The molecule has 132 valence electrons. The largest absolute Gasteiger partial charge is 0.358 e. The Bertz CT molecular complexity index is 591. The molecule has 1 aromatic rings. The van der Waals surface area contributed by atoms with Crippen molar-refractivity contribution in [3.63, 3.8) is 0 Å². The molecule has 1 aromatic carbocycles. The van der Waals surface area contributed by atoms with Crippen molar-refractivity contribution < 1.29 is 14.0 Å². The highest BCUT2D eigenvalue weighted by molar-refractivity contribution is 5.86. The molecule has 1 aliphatic heterocycles. The fraction of sp³-hybridized carbons (Fsp3) is 0.556. The van der Waals surface area contributed by atoms with Crippen molar-refractivity contribution in [1.82, 2.24) is 15.5 Å². The second kappa shape index (κ2) is 8.24. The number of carbonyl (C=O) groups is 2. The molecule has 1 saturated heterocycles. The van der Waals surface area contributed by atoms with Gasteiger partial charge in [0.15, 0.2) is 0 Å². The van der Waals surface area contributed by atoms with E-state index in [2.05, 4.69) is 10.6 Å². The first-order valence-electron chi connectivity index (χ1n) is 8.45. The summed E-state index contributed by atoms with van der Waals surface area (Å²) in [6.07, 6.45) is 1.48. The molecule has 1 heterocycles. The summed E-state index contributed by atoms with van der Waals surface area (Å²) in [5.41, 5.74) is 0.306. The standard InChI is InChI=1S/C18H26FN3O2/c1-12(2)11-21-17(23)15-9-6-10-22(15)16(18(24)20-3)13-7-4-5-8-14(13)19/h4-5,7-8,12,15-16H,6,9-11H2,1-3H3,(H,20,24)(H,21,23)/t15-,16+/m0/s1. The zero-order chi connectivity index (χ0) is 17.7. The predicted molar refractivity (Wildman–Crippen MR) is 90.8 cm³/mol. The molecule has 0 unspecified atom stereocenters. The predicted octanol–water partition coefficient (Wildman–Crippen LogP) is 1.85. The van der Waals surface area contributed by atoms with Crippen LogP contribution in [0.3, 0.4) is 0 Å². The van der Waals surface area contributed by atoms with E-state index < -0.39 is 17.9 Å². The van der Waals surface area contributed by atoms with E-state index in [1.54, 1.807) is 18.2 Å². The molecule has 0 bridgehead atoms. The number of amides is 2. The van der Waals surface area contributed by atoms with Gasteiger partial charge in [0.25, 0.3) is 0 Å². The molecule has 0 spiro atoms. The van der Waals surface area contributed by atoms with Crippen LogP contribution in [0.1, 0.15) is 38.3 Å². The van der Waals surface area contributed by atoms with Gasteiger partial charge >= 0.3 is 0 Å². The van der Waals surface area contributed by atoms with Gasteiger partial charge in [-0.25, -0.2) is 4.39 Å². The minimum Gasteiger partial charge on any atom is -0.358 e. The number of nitrogens with one attached hydrogen (secondary N) is 2. The zero-order valence-corrected chi connectivity index (χ0v) is 14.5. The van der Waals surface area contributed by atoms with Crippen molar-refractivity contribution in [2.24, 2.45) is 5.92 Å². The summed E-state index contributed by atoms with van der Waals surface area (Å²) in [5.74, 6) is -0.473. The van der Waals surface area contributed by atoms with Crippen LogP contribution in [-0.4, -0.2) is 42.9 Å². The van der Waals surface area contributed by atoms with Gasteiger partial charge in [-0.15, -0.1) is 0 Å². The third kappa shape index (κ3) is 4.12. The fourth-order valence-electron chi connectivity index (χ4n) is 3.11. The minimum atomic E-state index is -0.798. The molecule has 2 atom stereocenters. The van der Waals surface area contributed by atoms with Crippen molar-refractivity contribution in [3.8, 4) is 0 Å². The minimum absolute atomic E-state index is 0.0913. The molecule has 1 fully saturated rings. The summed E-state index contributed by atoms with van der Waals surface area (Å²) in [6, 6.07) is 5.04. The van der Waals surface area contributed by atoms with Crippen LogP contribution in [-0.2, 0) is 9.59 Å². The number of carbonyl (C=O) groups excluding carboxylic acids is 2. The summed E-state index contributed by atoms with van der Waals surface area (Å²) in [7, 11) is 1.53. The molecule has 0 aliphatic carbocycles. The Balaban J connectivity index is 2.27. The van der Waals surface area contributed by atoms with Crippen LogP contribution in [0.25, 0.3) is 0 Å². The second-order valence-corrected chi connectivity index (χ2v) is 6.57. The molecule has 1 aliphatic rings. The molecule has 0 aromatic heterocycles. The van der Waals surface area contributed by atoms with Gasteiger partial charge in [0.2, 0.25) is 11.8 Å². The molecular weight excluding hydrogens is 309 g/mol. The van der Waals surface area contributed by atoms with E-state index in [0.717, 1.165) is 6.42 Å². The molecule has 6 heteroatoms. The molecular formula is C18H26FN3O2. The number of nitrogens with zero attached hydrogens (tertiary/aromatic N) is 1. The molecule has 0 radical (unpaired) electrons. The number of hydrogen-bond acceptors (Lipinski definition) is 3. The fourth-order valence-corrected chi connectivity index (χ4v) is 3.11. The van der Waals surface area contributed by atoms with Gasteiger partial charge in [0, 0.05) is 25.7 Å². The smallest absolute Gasteiger partial charge is 0.241 e. The summed E-state index contributed by atoms with van der Waals surface area (Å²) in [4.78, 5) is 26.8. The summed E-state index contributed by atoms with van der Waals surface area (Å²) >= 11 is 0. The number of likely N-dealkylation sites (N-methyl/N-ethyl adjacent to an activating group) is 1. The number of likely N-dealkylation sites (tertiary alicyclic amines) is 1. The van der Waals surface area contributed by atoms with Crippen LogP contribution < -0.4 is 10.6 Å². The lowest BCUT2D eigenvalue weighted by molar-refractivity contribution is -0.131. The van der Waals surface area contributed by atoms with Crippen LogP contribution in [0.5, 0.6) is 0 Å². The van der Waals surface area contributed by atoms with E-state index in [0.29, 0.717) is 31.0 Å². The van der Waals surface area contributed by atoms with Crippen molar-refractivity contribution in [1.29, 1.82) is 0 Å².